The predicted octanol–water partition coefficient (Wildman–Crippen LogP) is 3.81. The van der Waals surface area contributed by atoms with E-state index in [0.717, 1.165) is 11.1 Å². The molecule has 3 aromatic carbocycles. The topological polar surface area (TPSA) is 45.7 Å². The van der Waals surface area contributed by atoms with Crippen LogP contribution in [0.3, 0.4) is 0 Å². The third kappa shape index (κ3) is 4.80. The zero-order valence-corrected chi connectivity index (χ0v) is 15.5. The van der Waals surface area contributed by atoms with E-state index in [0.29, 0.717) is 0 Å². The second-order valence-corrected chi connectivity index (χ2v) is 6.75. The number of aryl methyl sites for hydroxylation is 1. The number of hydrogen-bond donors (Lipinski definition) is 2. The SMILES string of the molecule is Cc1ccc([C@@H]([NH2+][C@@H](C)C(=O)Nc2ccccc2F)c2ccccc2)cc1. The molecule has 0 saturated carbocycles. The zero-order chi connectivity index (χ0) is 19.2. The maximum atomic E-state index is 13.8. The highest BCUT2D eigenvalue weighted by molar-refractivity contribution is 5.93. The Hall–Kier alpha value is -2.98. The van der Waals surface area contributed by atoms with E-state index in [2.05, 4.69) is 48.6 Å². The summed E-state index contributed by atoms with van der Waals surface area (Å²) in [5.41, 5.74) is 3.63. The number of amides is 1. The molecule has 27 heavy (non-hydrogen) atoms. The van der Waals surface area contributed by atoms with Gasteiger partial charge in [0.2, 0.25) is 0 Å². The van der Waals surface area contributed by atoms with Crippen LogP contribution in [0.4, 0.5) is 10.1 Å². The number of nitrogens with two attached hydrogens (primary N) is 1. The van der Waals surface area contributed by atoms with Crippen molar-refractivity contribution in [2.45, 2.75) is 25.9 Å². The van der Waals surface area contributed by atoms with Crippen molar-refractivity contribution < 1.29 is 14.5 Å². The summed E-state index contributed by atoms with van der Waals surface area (Å²) in [5.74, 6) is -0.663. The average molecular weight is 363 g/mol. The molecule has 0 aliphatic carbocycles. The Morgan fingerprint density at radius 2 is 1.48 bits per heavy atom. The first kappa shape index (κ1) is 18.8. The third-order valence-electron chi connectivity index (χ3n) is 4.62. The lowest BCUT2D eigenvalue weighted by molar-refractivity contribution is -0.704. The molecular weight excluding hydrogens is 339 g/mol. The Bertz CT molecular complexity index is 894. The minimum atomic E-state index is -0.434. The molecule has 0 aliphatic heterocycles. The number of para-hydroxylation sites is 1. The number of rotatable bonds is 6. The van der Waals surface area contributed by atoms with Crippen molar-refractivity contribution in [3.05, 3.63) is 101 Å². The maximum Gasteiger partial charge on any atom is 0.282 e. The van der Waals surface area contributed by atoms with Crippen LogP contribution in [0.15, 0.2) is 78.9 Å². The Morgan fingerprint density at radius 1 is 0.889 bits per heavy atom. The summed E-state index contributed by atoms with van der Waals surface area (Å²) < 4.78 is 13.8. The first-order valence-corrected chi connectivity index (χ1v) is 9.06. The van der Waals surface area contributed by atoms with Gasteiger partial charge >= 0.3 is 0 Å². The number of hydrogen-bond acceptors (Lipinski definition) is 1. The summed E-state index contributed by atoms with van der Waals surface area (Å²) in [4.78, 5) is 12.6. The third-order valence-corrected chi connectivity index (χ3v) is 4.62. The highest BCUT2D eigenvalue weighted by Crippen LogP contribution is 2.19. The van der Waals surface area contributed by atoms with Crippen molar-refractivity contribution in [1.29, 1.82) is 0 Å². The lowest BCUT2D eigenvalue weighted by atomic mass is 9.97. The molecule has 0 unspecified atom stereocenters. The fraction of sp³-hybridized carbons (Fsp3) is 0.174. The molecule has 0 aromatic heterocycles. The Kier molecular flexibility index (Phi) is 5.99. The van der Waals surface area contributed by atoms with E-state index in [1.807, 2.05) is 30.4 Å². The Balaban J connectivity index is 1.80. The van der Waals surface area contributed by atoms with E-state index < -0.39 is 11.9 Å². The summed E-state index contributed by atoms with van der Waals surface area (Å²) in [7, 11) is 0. The fourth-order valence-corrected chi connectivity index (χ4v) is 3.03. The first-order valence-electron chi connectivity index (χ1n) is 9.06. The molecule has 3 aromatic rings. The van der Waals surface area contributed by atoms with E-state index >= 15 is 0 Å². The molecule has 3 N–H and O–H groups in total. The molecule has 0 radical (unpaired) electrons. The van der Waals surface area contributed by atoms with Crippen LogP contribution in [0.5, 0.6) is 0 Å². The van der Waals surface area contributed by atoms with Crippen molar-refractivity contribution in [2.24, 2.45) is 0 Å². The molecule has 3 nitrogen and oxygen atoms in total. The molecule has 0 aliphatic rings. The lowest BCUT2D eigenvalue weighted by Crippen LogP contribution is -2.92. The van der Waals surface area contributed by atoms with Gasteiger partial charge in [-0.3, -0.25) is 4.79 Å². The van der Waals surface area contributed by atoms with E-state index in [-0.39, 0.29) is 17.6 Å². The molecule has 0 spiro atoms. The van der Waals surface area contributed by atoms with E-state index in [9.17, 15) is 9.18 Å². The van der Waals surface area contributed by atoms with Crippen LogP contribution in [-0.4, -0.2) is 11.9 Å². The smallest absolute Gasteiger partial charge is 0.282 e. The number of nitrogens with one attached hydrogen (secondary N) is 1. The highest BCUT2D eigenvalue weighted by atomic mass is 19.1. The molecule has 0 saturated heterocycles. The number of benzene rings is 3. The molecule has 2 atom stereocenters. The number of halogens is 1. The van der Waals surface area contributed by atoms with Gasteiger partial charge in [0.15, 0.2) is 6.04 Å². The summed E-state index contributed by atoms with van der Waals surface area (Å²) in [6, 6.07) is 24.2. The summed E-state index contributed by atoms with van der Waals surface area (Å²) in [6.07, 6.45) is 0. The van der Waals surface area contributed by atoms with Crippen LogP contribution in [0.1, 0.15) is 29.7 Å². The minimum Gasteiger partial charge on any atom is -0.326 e. The van der Waals surface area contributed by atoms with Gasteiger partial charge in [0.1, 0.15) is 11.9 Å². The highest BCUT2D eigenvalue weighted by Gasteiger charge is 2.25. The number of anilines is 1. The standard InChI is InChI=1S/C23H23FN2O/c1-16-12-14-19(15-13-16)22(18-8-4-3-5-9-18)25-17(2)23(27)26-21-11-7-6-10-20(21)24/h3-15,17,22,25H,1-2H3,(H,26,27)/p+1/t17-,22-/m0/s1. The van der Waals surface area contributed by atoms with Gasteiger partial charge in [-0.2, -0.15) is 0 Å². The summed E-state index contributed by atoms with van der Waals surface area (Å²) in [5, 5.41) is 4.69. The molecular formula is C23H24FN2O+. The zero-order valence-electron chi connectivity index (χ0n) is 15.5. The Labute approximate surface area is 159 Å². The van der Waals surface area contributed by atoms with Gasteiger partial charge in [0, 0.05) is 11.1 Å². The van der Waals surface area contributed by atoms with Gasteiger partial charge in [-0.25, -0.2) is 4.39 Å². The monoisotopic (exact) mass is 363 g/mol. The van der Waals surface area contributed by atoms with Crippen LogP contribution >= 0.6 is 0 Å². The second kappa shape index (κ2) is 8.60. The molecule has 1 amide bonds. The Morgan fingerprint density at radius 3 is 2.15 bits per heavy atom. The van der Waals surface area contributed by atoms with Crippen LogP contribution in [0.2, 0.25) is 0 Å². The normalized spacial score (nSPS) is 13.0. The van der Waals surface area contributed by atoms with Gasteiger partial charge in [-0.05, 0) is 26.0 Å². The molecule has 138 valence electrons. The van der Waals surface area contributed by atoms with Gasteiger partial charge in [0.05, 0.1) is 5.69 Å². The van der Waals surface area contributed by atoms with E-state index in [1.54, 1.807) is 18.2 Å². The summed E-state index contributed by atoms with van der Waals surface area (Å²) in [6.45, 7) is 3.88. The van der Waals surface area contributed by atoms with Crippen molar-refractivity contribution in [3.8, 4) is 0 Å². The largest absolute Gasteiger partial charge is 0.326 e. The van der Waals surface area contributed by atoms with E-state index in [4.69, 9.17) is 0 Å². The van der Waals surface area contributed by atoms with Crippen molar-refractivity contribution in [2.75, 3.05) is 5.32 Å². The average Bonchev–Trinajstić information content (AvgIpc) is 2.69. The molecule has 0 fully saturated rings. The molecule has 0 heterocycles. The molecule has 3 rings (SSSR count). The van der Waals surface area contributed by atoms with Crippen LogP contribution in [-0.2, 0) is 4.79 Å². The van der Waals surface area contributed by atoms with Gasteiger partial charge in [-0.1, -0.05) is 72.3 Å². The number of carbonyl (C=O) groups is 1. The van der Waals surface area contributed by atoms with Crippen LogP contribution < -0.4 is 10.6 Å². The van der Waals surface area contributed by atoms with Gasteiger partial charge < -0.3 is 10.6 Å². The quantitative estimate of drug-likeness (QED) is 0.687. The first-order chi connectivity index (χ1) is 13.0. The predicted molar refractivity (Wildman–Crippen MR) is 106 cm³/mol. The van der Waals surface area contributed by atoms with Crippen LogP contribution in [0, 0.1) is 12.7 Å². The van der Waals surface area contributed by atoms with Crippen molar-refractivity contribution in [1.82, 2.24) is 0 Å². The molecule has 4 heteroatoms. The van der Waals surface area contributed by atoms with Crippen LogP contribution in [0.25, 0.3) is 0 Å². The maximum absolute atomic E-state index is 13.8. The fourth-order valence-electron chi connectivity index (χ4n) is 3.03. The van der Waals surface area contributed by atoms with Gasteiger partial charge in [0.25, 0.3) is 5.91 Å². The van der Waals surface area contributed by atoms with Crippen molar-refractivity contribution in [3.63, 3.8) is 0 Å². The van der Waals surface area contributed by atoms with Crippen molar-refractivity contribution >= 4 is 11.6 Å². The van der Waals surface area contributed by atoms with Gasteiger partial charge in [-0.15, -0.1) is 0 Å². The lowest BCUT2D eigenvalue weighted by Gasteiger charge is -2.21. The molecule has 0 bridgehead atoms. The minimum absolute atomic E-state index is 0.0202. The summed E-state index contributed by atoms with van der Waals surface area (Å²) >= 11 is 0. The second-order valence-electron chi connectivity index (χ2n) is 6.75. The number of carbonyl (C=O) groups excluding carboxylic acids is 1. The number of quaternary nitrogens is 1. The van der Waals surface area contributed by atoms with E-state index in [1.165, 1.54) is 11.6 Å².